The summed E-state index contributed by atoms with van der Waals surface area (Å²) >= 11 is 0. The molecular formula is C20H24N2O2. The van der Waals surface area contributed by atoms with Crippen molar-refractivity contribution >= 4 is 27.6 Å². The lowest BCUT2D eigenvalue weighted by atomic mass is 10.0. The van der Waals surface area contributed by atoms with E-state index < -0.39 is 0 Å². The number of amides is 1. The Kier molecular flexibility index (Phi) is 5.16. The highest BCUT2D eigenvalue weighted by Crippen LogP contribution is 2.30. The highest BCUT2D eigenvalue weighted by molar-refractivity contribution is 6.08. The predicted octanol–water partition coefficient (Wildman–Crippen LogP) is 3.59. The fraction of sp³-hybridized carbons (Fsp3) is 0.350. The molecule has 3 rings (SSSR count). The number of hydrogen-bond acceptors (Lipinski definition) is 3. The first-order valence-electron chi connectivity index (χ1n) is 8.59. The van der Waals surface area contributed by atoms with Gasteiger partial charge in [0.05, 0.1) is 12.7 Å². The van der Waals surface area contributed by atoms with Crippen molar-refractivity contribution in [1.29, 1.82) is 0 Å². The number of fused-ring (bicyclic) bond motifs is 3. The number of rotatable bonds is 7. The van der Waals surface area contributed by atoms with E-state index in [0.29, 0.717) is 13.0 Å². The molecule has 0 saturated heterocycles. The molecule has 0 spiro atoms. The molecule has 3 aromatic rings. The van der Waals surface area contributed by atoms with Crippen LogP contribution in [0.5, 0.6) is 0 Å². The first kappa shape index (κ1) is 16.5. The molecule has 0 bridgehead atoms. The molecule has 0 fully saturated rings. The molecule has 0 aliphatic rings. The molecule has 1 heterocycles. The van der Waals surface area contributed by atoms with Crippen molar-refractivity contribution in [2.75, 3.05) is 26.2 Å². The van der Waals surface area contributed by atoms with Crippen LogP contribution in [-0.4, -0.2) is 37.0 Å². The van der Waals surface area contributed by atoms with Gasteiger partial charge in [-0.2, -0.15) is 0 Å². The number of furan rings is 1. The highest BCUT2D eigenvalue weighted by atomic mass is 16.3. The Hall–Kier alpha value is -2.33. The van der Waals surface area contributed by atoms with Gasteiger partial charge in [0, 0.05) is 24.0 Å². The molecule has 0 saturated carbocycles. The van der Waals surface area contributed by atoms with Gasteiger partial charge in [-0.05, 0) is 29.9 Å². The van der Waals surface area contributed by atoms with Crippen LogP contribution >= 0.6 is 0 Å². The number of nitrogens with zero attached hydrogens (tertiary/aromatic N) is 1. The Balaban J connectivity index is 1.73. The maximum Gasteiger partial charge on any atom is 0.224 e. The van der Waals surface area contributed by atoms with Crippen molar-refractivity contribution in [3.05, 3.63) is 48.2 Å². The van der Waals surface area contributed by atoms with Crippen molar-refractivity contribution in [1.82, 2.24) is 10.2 Å². The summed E-state index contributed by atoms with van der Waals surface area (Å²) in [5, 5.41) is 6.35. The van der Waals surface area contributed by atoms with E-state index in [2.05, 4.69) is 42.3 Å². The maximum atomic E-state index is 12.3. The van der Waals surface area contributed by atoms with Crippen LogP contribution in [0, 0.1) is 0 Å². The lowest BCUT2D eigenvalue weighted by molar-refractivity contribution is -0.120. The first-order chi connectivity index (χ1) is 11.7. The predicted molar refractivity (Wildman–Crippen MR) is 98.2 cm³/mol. The Morgan fingerprint density at radius 3 is 2.71 bits per heavy atom. The van der Waals surface area contributed by atoms with Crippen LogP contribution in [0.1, 0.15) is 19.4 Å². The Morgan fingerprint density at radius 1 is 1.12 bits per heavy atom. The zero-order valence-corrected chi connectivity index (χ0v) is 14.3. The van der Waals surface area contributed by atoms with Crippen LogP contribution in [0.15, 0.2) is 47.1 Å². The third-order valence-electron chi connectivity index (χ3n) is 4.54. The molecule has 0 aliphatic carbocycles. The zero-order chi connectivity index (χ0) is 16.9. The van der Waals surface area contributed by atoms with Gasteiger partial charge in [-0.3, -0.25) is 4.79 Å². The maximum absolute atomic E-state index is 12.3. The van der Waals surface area contributed by atoms with Gasteiger partial charge >= 0.3 is 0 Å². The Labute approximate surface area is 142 Å². The molecule has 1 amide bonds. The molecule has 0 unspecified atom stereocenters. The van der Waals surface area contributed by atoms with Crippen molar-refractivity contribution < 1.29 is 9.21 Å². The minimum atomic E-state index is 0.0396. The van der Waals surface area contributed by atoms with Crippen molar-refractivity contribution in [3.63, 3.8) is 0 Å². The number of carbonyl (C=O) groups is 1. The number of carbonyl (C=O) groups excluding carboxylic acids is 1. The van der Waals surface area contributed by atoms with Crippen LogP contribution < -0.4 is 5.32 Å². The zero-order valence-electron chi connectivity index (χ0n) is 14.3. The largest absolute Gasteiger partial charge is 0.464 e. The summed E-state index contributed by atoms with van der Waals surface area (Å²) in [6.45, 7) is 7.84. The topological polar surface area (TPSA) is 45.5 Å². The molecule has 2 aromatic carbocycles. The average molecular weight is 324 g/mol. The molecule has 1 aromatic heterocycles. The van der Waals surface area contributed by atoms with E-state index in [0.717, 1.165) is 46.9 Å². The molecule has 4 heteroatoms. The fourth-order valence-electron chi connectivity index (χ4n) is 3.13. The number of hydrogen-bond donors (Lipinski definition) is 1. The van der Waals surface area contributed by atoms with E-state index in [9.17, 15) is 4.79 Å². The summed E-state index contributed by atoms with van der Waals surface area (Å²) in [5.41, 5.74) is 1.78. The van der Waals surface area contributed by atoms with Gasteiger partial charge in [0.2, 0.25) is 5.91 Å². The van der Waals surface area contributed by atoms with Gasteiger partial charge < -0.3 is 14.6 Å². The summed E-state index contributed by atoms with van der Waals surface area (Å²) in [4.78, 5) is 14.6. The van der Waals surface area contributed by atoms with E-state index in [4.69, 9.17) is 4.42 Å². The highest BCUT2D eigenvalue weighted by Gasteiger charge is 2.13. The third-order valence-corrected chi connectivity index (χ3v) is 4.54. The molecular weight excluding hydrogens is 300 g/mol. The van der Waals surface area contributed by atoms with Crippen LogP contribution in [-0.2, 0) is 11.2 Å². The monoisotopic (exact) mass is 324 g/mol. The van der Waals surface area contributed by atoms with Gasteiger partial charge in [-0.1, -0.05) is 44.2 Å². The van der Waals surface area contributed by atoms with Gasteiger partial charge in [0.15, 0.2) is 0 Å². The number of nitrogens with one attached hydrogen (secondary N) is 1. The van der Waals surface area contributed by atoms with Crippen molar-refractivity contribution in [3.8, 4) is 0 Å². The summed E-state index contributed by atoms with van der Waals surface area (Å²) in [7, 11) is 0. The summed E-state index contributed by atoms with van der Waals surface area (Å²) in [6, 6.07) is 12.2. The van der Waals surface area contributed by atoms with E-state index in [1.165, 1.54) is 0 Å². The minimum Gasteiger partial charge on any atom is -0.464 e. The van der Waals surface area contributed by atoms with Crippen molar-refractivity contribution in [2.24, 2.45) is 0 Å². The Morgan fingerprint density at radius 2 is 1.92 bits per heavy atom. The molecule has 4 nitrogen and oxygen atoms in total. The second kappa shape index (κ2) is 7.49. The lowest BCUT2D eigenvalue weighted by Crippen LogP contribution is -2.35. The summed E-state index contributed by atoms with van der Waals surface area (Å²) < 4.78 is 5.65. The van der Waals surface area contributed by atoms with E-state index in [1.807, 2.05) is 18.2 Å². The summed E-state index contributed by atoms with van der Waals surface area (Å²) in [6.07, 6.45) is 2.06. The molecule has 24 heavy (non-hydrogen) atoms. The summed E-state index contributed by atoms with van der Waals surface area (Å²) in [5.74, 6) is 0.0396. The number of likely N-dealkylation sites (N-methyl/N-ethyl adjacent to an activating group) is 1. The quantitative estimate of drug-likeness (QED) is 0.722. The second-order valence-corrected chi connectivity index (χ2v) is 5.97. The molecule has 126 valence electrons. The van der Waals surface area contributed by atoms with Crippen LogP contribution in [0.25, 0.3) is 21.7 Å². The molecule has 0 atom stereocenters. The molecule has 1 N–H and O–H groups in total. The van der Waals surface area contributed by atoms with Crippen LogP contribution in [0.4, 0.5) is 0 Å². The van der Waals surface area contributed by atoms with Crippen LogP contribution in [0.2, 0.25) is 0 Å². The standard InChI is InChI=1S/C20H24N2O2/c1-3-22(4-2)12-11-21-19(23)13-16-14-24-18-10-9-15-7-5-6-8-17(15)20(16)18/h5-10,14H,3-4,11-13H2,1-2H3,(H,21,23). The van der Waals surface area contributed by atoms with Crippen molar-refractivity contribution in [2.45, 2.75) is 20.3 Å². The van der Waals surface area contributed by atoms with E-state index in [-0.39, 0.29) is 5.91 Å². The minimum absolute atomic E-state index is 0.0396. The SMILES string of the molecule is CCN(CC)CCNC(=O)Cc1coc2ccc3ccccc3c12. The second-order valence-electron chi connectivity index (χ2n) is 5.97. The fourth-order valence-corrected chi connectivity index (χ4v) is 3.13. The van der Waals surface area contributed by atoms with E-state index >= 15 is 0 Å². The smallest absolute Gasteiger partial charge is 0.224 e. The van der Waals surface area contributed by atoms with Gasteiger partial charge in [-0.15, -0.1) is 0 Å². The van der Waals surface area contributed by atoms with Gasteiger partial charge in [0.25, 0.3) is 0 Å². The van der Waals surface area contributed by atoms with Gasteiger partial charge in [0.1, 0.15) is 5.58 Å². The normalized spacial score (nSPS) is 11.5. The average Bonchev–Trinajstić information content (AvgIpc) is 3.02. The number of benzene rings is 2. The van der Waals surface area contributed by atoms with Gasteiger partial charge in [-0.25, -0.2) is 0 Å². The third kappa shape index (κ3) is 3.44. The van der Waals surface area contributed by atoms with E-state index in [1.54, 1.807) is 6.26 Å². The Bertz CT molecular complexity index is 834. The lowest BCUT2D eigenvalue weighted by Gasteiger charge is -2.17. The molecule has 0 aliphatic heterocycles. The molecule has 0 radical (unpaired) electrons. The first-order valence-corrected chi connectivity index (χ1v) is 8.59. The van der Waals surface area contributed by atoms with Crippen LogP contribution in [0.3, 0.4) is 0 Å².